The second kappa shape index (κ2) is 4.94. The smallest absolute Gasteiger partial charge is 0.251 e. The molecule has 0 N–H and O–H groups in total. The van der Waals surface area contributed by atoms with Gasteiger partial charge in [-0.25, -0.2) is 9.97 Å². The molecular weight excluding hydrogens is 268 g/mol. The van der Waals surface area contributed by atoms with Crippen LogP contribution in [0.3, 0.4) is 0 Å². The van der Waals surface area contributed by atoms with Crippen molar-refractivity contribution in [1.82, 2.24) is 14.9 Å². The number of anilines is 1. The third-order valence-electron chi connectivity index (χ3n) is 5.02. The zero-order chi connectivity index (χ0) is 14.3. The van der Waals surface area contributed by atoms with E-state index >= 15 is 0 Å². The lowest BCUT2D eigenvalue weighted by Crippen LogP contribution is -2.62. The lowest BCUT2D eigenvalue weighted by molar-refractivity contribution is -0.140. The number of hydrogen-bond acceptors (Lipinski definition) is 5. The molecule has 1 spiro atoms. The van der Waals surface area contributed by atoms with E-state index in [1.54, 1.807) is 12.4 Å². The molecule has 0 aromatic carbocycles. The molecule has 6 nitrogen and oxygen atoms in total. The van der Waals surface area contributed by atoms with Crippen LogP contribution in [0.25, 0.3) is 0 Å². The summed E-state index contributed by atoms with van der Waals surface area (Å²) in [6.07, 6.45) is 7.33. The van der Waals surface area contributed by atoms with E-state index in [1.807, 2.05) is 11.0 Å². The minimum Gasteiger partial charge on any atom is -0.368 e. The first-order valence-corrected chi connectivity index (χ1v) is 7.74. The Labute approximate surface area is 124 Å². The summed E-state index contributed by atoms with van der Waals surface area (Å²) in [5.41, 5.74) is 0.0512. The Balaban J connectivity index is 1.47. The van der Waals surface area contributed by atoms with Crippen LogP contribution in [0.2, 0.25) is 0 Å². The minimum atomic E-state index is -0.207. The van der Waals surface area contributed by atoms with Crippen molar-refractivity contribution in [3.63, 3.8) is 0 Å². The molecule has 6 heteroatoms. The highest BCUT2D eigenvalue weighted by Gasteiger charge is 2.52. The van der Waals surface area contributed by atoms with Crippen molar-refractivity contribution in [3.05, 3.63) is 18.5 Å². The summed E-state index contributed by atoms with van der Waals surface area (Å²) in [4.78, 5) is 25.4. The molecule has 3 aliphatic heterocycles. The fraction of sp³-hybridized carbons (Fsp3) is 0.667. The Morgan fingerprint density at radius 3 is 2.76 bits per heavy atom. The van der Waals surface area contributed by atoms with Crippen molar-refractivity contribution < 1.29 is 9.53 Å². The molecule has 112 valence electrons. The van der Waals surface area contributed by atoms with Gasteiger partial charge in [0.05, 0.1) is 5.54 Å². The number of ether oxygens (including phenoxy) is 1. The third kappa shape index (κ3) is 2.09. The Kier molecular flexibility index (Phi) is 3.06. The SMILES string of the molecule is O=C(C1CCCO1)N1CCC2(CCN2c2ncccn2)C1. The van der Waals surface area contributed by atoms with E-state index < -0.39 is 0 Å². The Morgan fingerprint density at radius 2 is 2.10 bits per heavy atom. The van der Waals surface area contributed by atoms with Crippen molar-refractivity contribution >= 4 is 11.9 Å². The molecule has 0 saturated carbocycles. The van der Waals surface area contributed by atoms with Gasteiger partial charge in [-0.05, 0) is 31.7 Å². The lowest BCUT2D eigenvalue weighted by atomic mass is 9.84. The predicted octanol–water partition coefficient (Wildman–Crippen LogP) is 0.837. The average Bonchev–Trinajstić information content (AvgIpc) is 3.17. The van der Waals surface area contributed by atoms with Crippen molar-refractivity contribution in [3.8, 4) is 0 Å². The van der Waals surface area contributed by atoms with Gasteiger partial charge in [-0.2, -0.15) is 0 Å². The third-order valence-corrected chi connectivity index (χ3v) is 5.02. The summed E-state index contributed by atoms with van der Waals surface area (Å²) in [6.45, 7) is 3.30. The van der Waals surface area contributed by atoms with Gasteiger partial charge >= 0.3 is 0 Å². The highest BCUT2D eigenvalue weighted by atomic mass is 16.5. The first-order chi connectivity index (χ1) is 10.3. The van der Waals surface area contributed by atoms with Gasteiger partial charge in [0, 0.05) is 38.6 Å². The van der Waals surface area contributed by atoms with Gasteiger partial charge in [-0.1, -0.05) is 0 Å². The lowest BCUT2D eigenvalue weighted by Gasteiger charge is -2.50. The highest BCUT2D eigenvalue weighted by Crippen LogP contribution is 2.41. The zero-order valence-electron chi connectivity index (χ0n) is 12.1. The second-order valence-corrected chi connectivity index (χ2v) is 6.19. The van der Waals surface area contributed by atoms with Gasteiger partial charge < -0.3 is 14.5 Å². The van der Waals surface area contributed by atoms with E-state index in [-0.39, 0.29) is 17.6 Å². The fourth-order valence-corrected chi connectivity index (χ4v) is 3.73. The van der Waals surface area contributed by atoms with Crippen LogP contribution in [0.15, 0.2) is 18.5 Å². The summed E-state index contributed by atoms with van der Waals surface area (Å²) >= 11 is 0. The predicted molar refractivity (Wildman–Crippen MR) is 76.9 cm³/mol. The van der Waals surface area contributed by atoms with E-state index in [0.29, 0.717) is 0 Å². The van der Waals surface area contributed by atoms with Gasteiger partial charge in [-0.3, -0.25) is 4.79 Å². The number of hydrogen-bond donors (Lipinski definition) is 0. The number of rotatable bonds is 2. The van der Waals surface area contributed by atoms with Crippen molar-refractivity contribution in [2.24, 2.45) is 0 Å². The molecule has 4 rings (SSSR count). The molecule has 3 aliphatic rings. The molecule has 1 aromatic heterocycles. The molecule has 3 saturated heterocycles. The summed E-state index contributed by atoms with van der Waals surface area (Å²) in [6, 6.07) is 1.83. The quantitative estimate of drug-likeness (QED) is 0.807. The number of likely N-dealkylation sites (tertiary alicyclic amines) is 1. The normalized spacial score (nSPS) is 31.7. The average molecular weight is 288 g/mol. The van der Waals surface area contributed by atoms with Gasteiger partial charge in [0.25, 0.3) is 5.91 Å². The van der Waals surface area contributed by atoms with Crippen LogP contribution >= 0.6 is 0 Å². The zero-order valence-corrected chi connectivity index (χ0v) is 12.1. The second-order valence-electron chi connectivity index (χ2n) is 6.19. The Bertz CT molecular complexity index is 532. The molecule has 3 fully saturated rings. The number of aromatic nitrogens is 2. The fourth-order valence-electron chi connectivity index (χ4n) is 3.73. The molecule has 1 aromatic rings. The van der Waals surface area contributed by atoms with Crippen LogP contribution in [-0.4, -0.2) is 58.7 Å². The standard InChI is InChI=1S/C15H20N4O2/c20-13(12-3-1-10-21-12)18-8-4-15(11-18)5-9-19(15)14-16-6-2-7-17-14/h2,6-7,12H,1,3-5,8-11H2. The number of carbonyl (C=O) groups excluding carboxylic acids is 1. The van der Waals surface area contributed by atoms with Crippen LogP contribution in [0.4, 0.5) is 5.95 Å². The molecule has 2 atom stereocenters. The van der Waals surface area contributed by atoms with Gasteiger partial charge in [0.2, 0.25) is 5.95 Å². The molecule has 1 amide bonds. The largest absolute Gasteiger partial charge is 0.368 e. The van der Waals surface area contributed by atoms with Crippen LogP contribution < -0.4 is 4.90 Å². The van der Waals surface area contributed by atoms with Crippen LogP contribution in [0, 0.1) is 0 Å². The van der Waals surface area contributed by atoms with E-state index in [9.17, 15) is 4.79 Å². The molecule has 21 heavy (non-hydrogen) atoms. The number of carbonyl (C=O) groups is 1. The molecule has 4 heterocycles. The maximum Gasteiger partial charge on any atom is 0.251 e. The molecule has 2 unspecified atom stereocenters. The first-order valence-electron chi connectivity index (χ1n) is 7.74. The summed E-state index contributed by atoms with van der Waals surface area (Å²) in [5, 5.41) is 0. The highest BCUT2D eigenvalue weighted by molar-refractivity contribution is 5.81. The van der Waals surface area contributed by atoms with Crippen LogP contribution in [0.1, 0.15) is 25.7 Å². The maximum absolute atomic E-state index is 12.5. The molecule has 0 radical (unpaired) electrons. The van der Waals surface area contributed by atoms with E-state index in [0.717, 1.165) is 57.9 Å². The van der Waals surface area contributed by atoms with Crippen LogP contribution in [-0.2, 0) is 9.53 Å². The van der Waals surface area contributed by atoms with Gasteiger partial charge in [0.15, 0.2) is 0 Å². The van der Waals surface area contributed by atoms with Crippen molar-refractivity contribution in [2.75, 3.05) is 31.1 Å². The van der Waals surface area contributed by atoms with Crippen molar-refractivity contribution in [2.45, 2.75) is 37.3 Å². The molecule has 0 aliphatic carbocycles. The van der Waals surface area contributed by atoms with E-state index in [2.05, 4.69) is 14.9 Å². The summed E-state index contributed by atoms with van der Waals surface area (Å²) < 4.78 is 5.53. The monoisotopic (exact) mass is 288 g/mol. The molecular formula is C15H20N4O2. The summed E-state index contributed by atoms with van der Waals surface area (Å²) in [5.74, 6) is 0.959. The molecule has 0 bridgehead atoms. The maximum atomic E-state index is 12.5. The first kappa shape index (κ1) is 13.0. The Hall–Kier alpha value is -1.69. The van der Waals surface area contributed by atoms with Crippen molar-refractivity contribution in [1.29, 1.82) is 0 Å². The number of nitrogens with zero attached hydrogens (tertiary/aromatic N) is 4. The van der Waals surface area contributed by atoms with E-state index in [1.165, 1.54) is 0 Å². The van der Waals surface area contributed by atoms with Crippen LogP contribution in [0.5, 0.6) is 0 Å². The topological polar surface area (TPSA) is 58.6 Å². The number of amides is 1. The van der Waals surface area contributed by atoms with E-state index in [4.69, 9.17) is 4.74 Å². The van der Waals surface area contributed by atoms with Gasteiger partial charge in [0.1, 0.15) is 6.10 Å². The van der Waals surface area contributed by atoms with Gasteiger partial charge in [-0.15, -0.1) is 0 Å². The summed E-state index contributed by atoms with van der Waals surface area (Å²) in [7, 11) is 0. The minimum absolute atomic E-state index is 0.0512. The Morgan fingerprint density at radius 1 is 1.29 bits per heavy atom.